The van der Waals surface area contributed by atoms with E-state index < -0.39 is 5.91 Å². The standard InChI is InChI=1S/C16H13ClN4O2S/c1-21-14(22)7-6-13(20-21)15(23)19-16-18-9-11(24-16)8-10-4-2-3-5-12(10)17/h2-7,9H,8H2,1H3,(H,18,19,23). The van der Waals surface area contributed by atoms with E-state index in [9.17, 15) is 9.59 Å². The fourth-order valence-corrected chi connectivity index (χ4v) is 3.09. The van der Waals surface area contributed by atoms with Gasteiger partial charge in [0, 0.05) is 35.6 Å². The molecule has 0 aliphatic rings. The van der Waals surface area contributed by atoms with Crippen LogP contribution in [-0.2, 0) is 13.5 Å². The van der Waals surface area contributed by atoms with Crippen molar-refractivity contribution >= 4 is 34.0 Å². The summed E-state index contributed by atoms with van der Waals surface area (Å²) in [5.41, 5.74) is 0.878. The van der Waals surface area contributed by atoms with Gasteiger partial charge in [0.05, 0.1) is 0 Å². The SMILES string of the molecule is Cn1nc(C(=O)Nc2ncc(Cc3ccccc3Cl)s2)ccc1=O. The highest BCUT2D eigenvalue weighted by Gasteiger charge is 2.12. The monoisotopic (exact) mass is 360 g/mol. The number of nitrogens with one attached hydrogen (secondary N) is 1. The highest BCUT2D eigenvalue weighted by atomic mass is 35.5. The van der Waals surface area contributed by atoms with Crippen LogP contribution < -0.4 is 10.9 Å². The van der Waals surface area contributed by atoms with Crippen LogP contribution in [0.2, 0.25) is 5.02 Å². The van der Waals surface area contributed by atoms with Crippen LogP contribution in [0.5, 0.6) is 0 Å². The van der Waals surface area contributed by atoms with E-state index >= 15 is 0 Å². The first kappa shape index (κ1) is 16.4. The molecular weight excluding hydrogens is 348 g/mol. The van der Waals surface area contributed by atoms with Crippen LogP contribution in [0.3, 0.4) is 0 Å². The molecule has 1 amide bonds. The average Bonchev–Trinajstić information content (AvgIpc) is 2.99. The number of rotatable bonds is 4. The van der Waals surface area contributed by atoms with Crippen LogP contribution in [0.25, 0.3) is 0 Å². The van der Waals surface area contributed by atoms with Crippen molar-refractivity contribution in [1.82, 2.24) is 14.8 Å². The fraction of sp³-hybridized carbons (Fsp3) is 0.125. The van der Waals surface area contributed by atoms with Gasteiger partial charge < -0.3 is 0 Å². The molecule has 1 N–H and O–H groups in total. The van der Waals surface area contributed by atoms with Crippen molar-refractivity contribution in [2.24, 2.45) is 7.05 Å². The molecule has 8 heteroatoms. The number of nitrogens with zero attached hydrogens (tertiary/aromatic N) is 3. The minimum atomic E-state index is -0.413. The molecule has 0 aliphatic carbocycles. The van der Waals surface area contributed by atoms with Crippen molar-refractivity contribution in [3.63, 3.8) is 0 Å². The Hall–Kier alpha value is -2.51. The van der Waals surface area contributed by atoms with E-state index in [2.05, 4.69) is 15.4 Å². The van der Waals surface area contributed by atoms with Crippen molar-refractivity contribution in [2.75, 3.05) is 5.32 Å². The second-order valence-electron chi connectivity index (χ2n) is 5.03. The predicted octanol–water partition coefficient (Wildman–Crippen LogP) is 2.73. The van der Waals surface area contributed by atoms with Gasteiger partial charge in [0.2, 0.25) is 0 Å². The number of aromatic nitrogens is 3. The molecule has 0 unspecified atom stereocenters. The summed E-state index contributed by atoms with van der Waals surface area (Å²) in [6.07, 6.45) is 2.35. The maximum absolute atomic E-state index is 12.2. The lowest BCUT2D eigenvalue weighted by atomic mass is 10.1. The zero-order chi connectivity index (χ0) is 17.1. The van der Waals surface area contributed by atoms with Crippen molar-refractivity contribution in [3.05, 3.63) is 74.1 Å². The molecule has 3 aromatic rings. The number of carbonyl (C=O) groups excluding carboxylic acids is 1. The summed E-state index contributed by atoms with van der Waals surface area (Å²) in [5, 5.41) is 7.76. The lowest BCUT2D eigenvalue weighted by Gasteiger charge is -2.02. The molecule has 1 aromatic carbocycles. The fourth-order valence-electron chi connectivity index (χ4n) is 2.06. The van der Waals surface area contributed by atoms with Gasteiger partial charge in [0.15, 0.2) is 5.13 Å². The smallest absolute Gasteiger partial charge is 0.277 e. The van der Waals surface area contributed by atoms with Gasteiger partial charge in [-0.1, -0.05) is 29.8 Å². The minimum absolute atomic E-state index is 0.153. The van der Waals surface area contributed by atoms with E-state index in [0.717, 1.165) is 15.1 Å². The molecule has 0 atom stereocenters. The van der Waals surface area contributed by atoms with Crippen molar-refractivity contribution in [2.45, 2.75) is 6.42 Å². The number of benzene rings is 1. The highest BCUT2D eigenvalue weighted by molar-refractivity contribution is 7.15. The molecule has 6 nitrogen and oxygen atoms in total. The third-order valence-corrected chi connectivity index (χ3v) is 4.57. The van der Waals surface area contributed by atoms with Gasteiger partial charge in [-0.2, -0.15) is 5.10 Å². The minimum Gasteiger partial charge on any atom is -0.296 e. The van der Waals surface area contributed by atoms with Crippen molar-refractivity contribution in [3.8, 4) is 0 Å². The molecule has 0 bridgehead atoms. The normalized spacial score (nSPS) is 10.6. The summed E-state index contributed by atoms with van der Waals surface area (Å²) in [7, 11) is 1.49. The molecule has 0 fully saturated rings. The Balaban J connectivity index is 1.71. The molecule has 0 spiro atoms. The summed E-state index contributed by atoms with van der Waals surface area (Å²) >= 11 is 7.52. The number of amides is 1. The van der Waals surface area contributed by atoms with Crippen LogP contribution in [0, 0.1) is 0 Å². The Labute approximate surface area is 146 Å². The average molecular weight is 361 g/mol. The van der Waals surface area contributed by atoms with Gasteiger partial charge in [-0.05, 0) is 17.7 Å². The number of halogens is 1. The van der Waals surface area contributed by atoms with E-state index in [0.29, 0.717) is 16.6 Å². The summed E-state index contributed by atoms with van der Waals surface area (Å²) in [5.74, 6) is -0.413. The molecule has 2 heterocycles. The van der Waals surface area contributed by atoms with Crippen LogP contribution >= 0.6 is 22.9 Å². The Morgan fingerprint density at radius 2 is 2.08 bits per heavy atom. The number of carbonyl (C=O) groups is 1. The van der Waals surface area contributed by atoms with E-state index in [4.69, 9.17) is 11.6 Å². The van der Waals surface area contributed by atoms with Crippen LogP contribution in [-0.4, -0.2) is 20.7 Å². The molecule has 0 radical (unpaired) electrons. The van der Waals surface area contributed by atoms with Crippen LogP contribution in [0.4, 0.5) is 5.13 Å². The Bertz CT molecular complexity index is 951. The third-order valence-electron chi connectivity index (χ3n) is 3.29. The zero-order valence-corrected chi connectivity index (χ0v) is 14.3. The third kappa shape index (κ3) is 3.69. The van der Waals surface area contributed by atoms with Crippen molar-refractivity contribution in [1.29, 1.82) is 0 Å². The number of hydrogen-bond donors (Lipinski definition) is 1. The van der Waals surface area contributed by atoms with Gasteiger partial charge in [0.25, 0.3) is 11.5 Å². The molecule has 2 aromatic heterocycles. The Kier molecular flexibility index (Phi) is 4.73. The van der Waals surface area contributed by atoms with Gasteiger partial charge in [-0.25, -0.2) is 9.67 Å². The Morgan fingerprint density at radius 1 is 1.29 bits per heavy atom. The first-order chi connectivity index (χ1) is 11.5. The number of aryl methyl sites for hydroxylation is 1. The van der Waals surface area contributed by atoms with E-state index in [-0.39, 0.29) is 11.3 Å². The molecular formula is C16H13ClN4O2S. The lowest BCUT2D eigenvalue weighted by molar-refractivity contribution is 0.102. The lowest BCUT2D eigenvalue weighted by Crippen LogP contribution is -2.23. The quantitative estimate of drug-likeness (QED) is 0.776. The zero-order valence-electron chi connectivity index (χ0n) is 12.7. The van der Waals surface area contributed by atoms with Crippen LogP contribution in [0.15, 0.2) is 47.4 Å². The summed E-state index contributed by atoms with van der Waals surface area (Å²) in [4.78, 5) is 28.6. The van der Waals surface area contributed by atoms with Gasteiger partial charge >= 0.3 is 0 Å². The second kappa shape index (κ2) is 6.94. The maximum Gasteiger partial charge on any atom is 0.277 e. The van der Waals surface area contributed by atoms with E-state index in [1.165, 1.54) is 30.5 Å². The van der Waals surface area contributed by atoms with Crippen LogP contribution in [0.1, 0.15) is 20.9 Å². The molecule has 122 valence electrons. The molecule has 0 saturated heterocycles. The summed E-state index contributed by atoms with van der Waals surface area (Å²) in [6, 6.07) is 10.3. The Morgan fingerprint density at radius 3 is 2.83 bits per heavy atom. The van der Waals surface area contributed by atoms with Gasteiger partial charge in [-0.3, -0.25) is 14.9 Å². The number of hydrogen-bond acceptors (Lipinski definition) is 5. The number of thiazole rings is 1. The first-order valence-electron chi connectivity index (χ1n) is 7.07. The molecule has 24 heavy (non-hydrogen) atoms. The maximum atomic E-state index is 12.2. The number of anilines is 1. The van der Waals surface area contributed by atoms with Gasteiger partial charge in [0.1, 0.15) is 5.69 Å². The second-order valence-corrected chi connectivity index (χ2v) is 6.56. The molecule has 0 aliphatic heterocycles. The summed E-state index contributed by atoms with van der Waals surface area (Å²) < 4.78 is 1.11. The highest BCUT2D eigenvalue weighted by Crippen LogP contribution is 2.24. The van der Waals surface area contributed by atoms with Crippen molar-refractivity contribution < 1.29 is 4.79 Å². The summed E-state index contributed by atoms with van der Waals surface area (Å²) in [6.45, 7) is 0. The molecule has 0 saturated carbocycles. The molecule has 3 rings (SSSR count). The van der Waals surface area contributed by atoms with E-state index in [1.54, 1.807) is 6.20 Å². The first-order valence-corrected chi connectivity index (χ1v) is 8.26. The van der Waals surface area contributed by atoms with E-state index in [1.807, 2.05) is 24.3 Å². The van der Waals surface area contributed by atoms with Gasteiger partial charge in [-0.15, -0.1) is 11.3 Å². The topological polar surface area (TPSA) is 76.9 Å². The largest absolute Gasteiger partial charge is 0.296 e. The predicted molar refractivity (Wildman–Crippen MR) is 93.8 cm³/mol.